The predicted molar refractivity (Wildman–Crippen MR) is 123 cm³/mol. The van der Waals surface area contributed by atoms with Crippen LogP contribution in [0.15, 0.2) is 36.7 Å². The zero-order valence-electron chi connectivity index (χ0n) is 19.1. The summed E-state index contributed by atoms with van der Waals surface area (Å²) in [7, 11) is 1.40. The van der Waals surface area contributed by atoms with Crippen LogP contribution in [0.5, 0.6) is 17.2 Å². The quantitative estimate of drug-likeness (QED) is 0.406. The first-order chi connectivity index (χ1) is 16.8. The minimum Gasteiger partial charge on any atom is -0.493 e. The molecule has 0 unspecified atom stereocenters. The molecule has 1 saturated heterocycles. The number of urea groups is 1. The second kappa shape index (κ2) is 10.8. The number of H-pyrrole nitrogens is 1. The zero-order valence-corrected chi connectivity index (χ0v) is 19.1. The number of nitrogens with one attached hydrogen (secondary N) is 3. The number of pyridine rings is 1. The van der Waals surface area contributed by atoms with E-state index in [0.717, 1.165) is 45.5 Å². The van der Waals surface area contributed by atoms with Gasteiger partial charge in [0.25, 0.3) is 0 Å². The predicted octanol–water partition coefficient (Wildman–Crippen LogP) is 4.23. The number of hydrogen-bond donors (Lipinski definition) is 3. The van der Waals surface area contributed by atoms with E-state index in [1.54, 1.807) is 6.07 Å². The number of morpholine rings is 1. The number of aromatic amines is 1. The Kier molecular flexibility index (Phi) is 7.61. The van der Waals surface area contributed by atoms with E-state index in [-0.39, 0.29) is 34.3 Å². The van der Waals surface area contributed by atoms with E-state index in [1.807, 2.05) is 0 Å². The molecule has 0 aliphatic carbocycles. The third kappa shape index (κ3) is 6.14. The van der Waals surface area contributed by atoms with E-state index < -0.39 is 11.7 Å². The molecule has 12 heteroatoms. The summed E-state index contributed by atoms with van der Waals surface area (Å²) in [5, 5.41) is 5.34. The summed E-state index contributed by atoms with van der Waals surface area (Å²) in [6.45, 7) is 4.65. The number of carbonyl (C=O) groups excluding carboxylic acids is 1. The van der Waals surface area contributed by atoms with Crippen LogP contribution in [0.4, 0.5) is 23.7 Å². The number of fused-ring (bicyclic) bond motifs is 1. The standard InChI is InChI=1S/C23H26F3N5O4/c1-33-19-13-15(30-22(32)28-6-2-8-31-9-11-34-12-10-31)3-4-17(19)35-18-5-7-27-21-20(18)16(14-29-21)23(24,25)26/h3-5,7,13-14H,2,6,8-12H2,1H3,(H,27,29)(H2,28,30,32). The van der Waals surface area contributed by atoms with Crippen molar-refractivity contribution in [3.8, 4) is 17.2 Å². The number of hydrogen-bond acceptors (Lipinski definition) is 6. The summed E-state index contributed by atoms with van der Waals surface area (Å²) < 4.78 is 56.7. The van der Waals surface area contributed by atoms with Crippen LogP contribution in [0.25, 0.3) is 11.0 Å². The number of aromatic nitrogens is 2. The number of halogens is 3. The van der Waals surface area contributed by atoms with Gasteiger partial charge < -0.3 is 29.8 Å². The van der Waals surface area contributed by atoms with Crippen molar-refractivity contribution in [2.75, 3.05) is 51.8 Å². The average Bonchev–Trinajstić information content (AvgIpc) is 3.29. The topological polar surface area (TPSA) is 101 Å². The van der Waals surface area contributed by atoms with Crippen molar-refractivity contribution < 1.29 is 32.2 Å². The van der Waals surface area contributed by atoms with Gasteiger partial charge in [-0.2, -0.15) is 13.2 Å². The maximum Gasteiger partial charge on any atom is 0.418 e. The highest BCUT2D eigenvalue weighted by Crippen LogP contribution is 2.41. The van der Waals surface area contributed by atoms with Gasteiger partial charge in [0.1, 0.15) is 11.4 Å². The lowest BCUT2D eigenvalue weighted by molar-refractivity contribution is -0.136. The van der Waals surface area contributed by atoms with Gasteiger partial charge in [-0.15, -0.1) is 0 Å². The highest BCUT2D eigenvalue weighted by Gasteiger charge is 2.35. The smallest absolute Gasteiger partial charge is 0.418 e. The minimum atomic E-state index is -4.58. The number of benzene rings is 1. The van der Waals surface area contributed by atoms with E-state index >= 15 is 0 Å². The molecule has 2 amide bonds. The Morgan fingerprint density at radius 3 is 2.74 bits per heavy atom. The largest absolute Gasteiger partial charge is 0.493 e. The van der Waals surface area contributed by atoms with Crippen LogP contribution >= 0.6 is 0 Å². The van der Waals surface area contributed by atoms with Crippen LogP contribution in [0.1, 0.15) is 12.0 Å². The van der Waals surface area contributed by atoms with Crippen molar-refractivity contribution in [2.45, 2.75) is 12.6 Å². The number of carbonyl (C=O) groups is 1. The molecule has 35 heavy (non-hydrogen) atoms. The Bertz CT molecular complexity index is 1160. The highest BCUT2D eigenvalue weighted by molar-refractivity contribution is 5.90. The first-order valence-corrected chi connectivity index (χ1v) is 11.1. The van der Waals surface area contributed by atoms with E-state index in [1.165, 1.54) is 31.5 Å². The Balaban J connectivity index is 1.39. The molecule has 1 aliphatic rings. The number of rotatable bonds is 8. The van der Waals surface area contributed by atoms with Crippen molar-refractivity contribution in [2.24, 2.45) is 0 Å². The molecule has 188 valence electrons. The number of amides is 2. The Morgan fingerprint density at radius 2 is 2.00 bits per heavy atom. The van der Waals surface area contributed by atoms with Crippen molar-refractivity contribution in [1.82, 2.24) is 20.2 Å². The molecule has 3 aromatic rings. The lowest BCUT2D eigenvalue weighted by Gasteiger charge is -2.26. The normalized spacial score (nSPS) is 14.6. The molecule has 0 radical (unpaired) electrons. The third-order valence-electron chi connectivity index (χ3n) is 5.52. The fraction of sp³-hybridized carbons (Fsp3) is 0.391. The molecule has 0 spiro atoms. The Morgan fingerprint density at radius 1 is 1.20 bits per heavy atom. The van der Waals surface area contributed by atoms with Gasteiger partial charge in [0.05, 0.1) is 31.3 Å². The fourth-order valence-electron chi connectivity index (χ4n) is 3.79. The zero-order chi connectivity index (χ0) is 24.8. The van der Waals surface area contributed by atoms with Gasteiger partial charge in [0, 0.05) is 43.8 Å². The van der Waals surface area contributed by atoms with Crippen molar-refractivity contribution in [3.63, 3.8) is 0 Å². The van der Waals surface area contributed by atoms with Gasteiger partial charge in [0.15, 0.2) is 11.5 Å². The molecule has 1 fully saturated rings. The monoisotopic (exact) mass is 493 g/mol. The maximum atomic E-state index is 13.4. The third-order valence-corrected chi connectivity index (χ3v) is 5.52. The summed E-state index contributed by atoms with van der Waals surface area (Å²) in [4.78, 5) is 21.0. The molecule has 0 bridgehead atoms. The molecule has 4 rings (SSSR count). The maximum absolute atomic E-state index is 13.4. The molecule has 2 aromatic heterocycles. The van der Waals surface area contributed by atoms with Crippen molar-refractivity contribution >= 4 is 22.8 Å². The summed E-state index contributed by atoms with van der Waals surface area (Å²) in [5.41, 5.74) is -0.382. The second-order valence-electron chi connectivity index (χ2n) is 7.89. The number of anilines is 1. The average molecular weight is 493 g/mol. The van der Waals surface area contributed by atoms with Gasteiger partial charge >= 0.3 is 12.2 Å². The number of methoxy groups -OCH3 is 1. The van der Waals surface area contributed by atoms with Gasteiger partial charge in [-0.3, -0.25) is 4.90 Å². The van der Waals surface area contributed by atoms with Crippen LogP contribution < -0.4 is 20.1 Å². The van der Waals surface area contributed by atoms with Gasteiger partial charge in [-0.25, -0.2) is 9.78 Å². The Labute approximate surface area is 199 Å². The van der Waals surface area contributed by atoms with Crippen molar-refractivity contribution in [1.29, 1.82) is 0 Å². The van der Waals surface area contributed by atoms with E-state index in [0.29, 0.717) is 12.2 Å². The molecule has 0 atom stereocenters. The van der Waals surface area contributed by atoms with Gasteiger partial charge in [0.2, 0.25) is 0 Å². The lowest BCUT2D eigenvalue weighted by Crippen LogP contribution is -2.38. The summed E-state index contributed by atoms with van der Waals surface area (Å²) in [6.07, 6.45) is -1.57. The molecule has 9 nitrogen and oxygen atoms in total. The first kappa shape index (κ1) is 24.6. The summed E-state index contributed by atoms with van der Waals surface area (Å²) in [5.74, 6) is 0.399. The van der Waals surface area contributed by atoms with Crippen LogP contribution in [0.3, 0.4) is 0 Å². The van der Waals surface area contributed by atoms with Gasteiger partial charge in [-0.1, -0.05) is 0 Å². The van der Waals surface area contributed by atoms with E-state index in [9.17, 15) is 18.0 Å². The molecule has 0 saturated carbocycles. The molecular formula is C23H26F3N5O4. The summed E-state index contributed by atoms with van der Waals surface area (Å²) >= 11 is 0. The van der Waals surface area contributed by atoms with Crippen molar-refractivity contribution in [3.05, 3.63) is 42.2 Å². The number of alkyl halides is 3. The highest BCUT2D eigenvalue weighted by atomic mass is 19.4. The second-order valence-corrected chi connectivity index (χ2v) is 7.89. The molecule has 1 aliphatic heterocycles. The lowest BCUT2D eigenvalue weighted by atomic mass is 10.2. The molecular weight excluding hydrogens is 467 g/mol. The van der Waals surface area contributed by atoms with Crippen LogP contribution in [0.2, 0.25) is 0 Å². The molecule has 3 N–H and O–H groups in total. The summed E-state index contributed by atoms with van der Waals surface area (Å²) in [6, 6.07) is 5.59. The van der Waals surface area contributed by atoms with Crippen LogP contribution in [-0.2, 0) is 10.9 Å². The minimum absolute atomic E-state index is 0.0272. The Hall–Kier alpha value is -3.51. The van der Waals surface area contributed by atoms with E-state index in [4.69, 9.17) is 14.2 Å². The number of ether oxygens (including phenoxy) is 3. The van der Waals surface area contributed by atoms with Crippen LogP contribution in [0, 0.1) is 0 Å². The SMILES string of the molecule is COc1cc(NC(=O)NCCCN2CCOCC2)ccc1Oc1ccnc2[nH]cc(C(F)(F)F)c12. The molecule has 3 heterocycles. The fourth-order valence-corrected chi connectivity index (χ4v) is 3.79. The molecule has 1 aromatic carbocycles. The number of nitrogens with zero attached hydrogens (tertiary/aromatic N) is 2. The first-order valence-electron chi connectivity index (χ1n) is 11.1. The van der Waals surface area contributed by atoms with E-state index in [2.05, 4.69) is 25.5 Å². The van der Waals surface area contributed by atoms with Gasteiger partial charge in [-0.05, 0) is 31.2 Å². The van der Waals surface area contributed by atoms with Crippen LogP contribution in [-0.4, -0.2) is 67.4 Å².